The Morgan fingerprint density at radius 3 is 2.38 bits per heavy atom. The summed E-state index contributed by atoms with van der Waals surface area (Å²) in [5.74, 6) is -1.68. The van der Waals surface area contributed by atoms with Gasteiger partial charge in [0.05, 0.1) is 0 Å². The fourth-order valence-corrected chi connectivity index (χ4v) is 2.66. The Hall–Kier alpha value is -2.71. The van der Waals surface area contributed by atoms with E-state index in [9.17, 15) is 18.4 Å². The first-order valence-electron chi connectivity index (χ1n) is 5.39. The molecule has 0 heterocycles. The number of fused-ring (bicyclic) bond motifs is 1. The smallest absolute Gasteiger partial charge is 0.197 e. The van der Waals surface area contributed by atoms with Gasteiger partial charge >= 0.3 is 0 Å². The van der Waals surface area contributed by atoms with Gasteiger partial charge in [-0.05, 0) is 28.2 Å². The van der Waals surface area contributed by atoms with E-state index < -0.39 is 34.7 Å². The molecule has 0 aliphatic heterocycles. The van der Waals surface area contributed by atoms with E-state index in [4.69, 9.17) is 11.1 Å². The summed E-state index contributed by atoms with van der Waals surface area (Å²) in [4.78, 5) is 29.0. The van der Waals surface area contributed by atoms with Gasteiger partial charge < -0.3 is 4.55 Å². The molecule has 1 aromatic carbocycles. The summed E-state index contributed by atoms with van der Waals surface area (Å²) in [6, 6.07) is 3.64. The van der Waals surface area contributed by atoms with Gasteiger partial charge in [-0.3, -0.25) is 13.8 Å². The minimum absolute atomic E-state index is 0.257. The van der Waals surface area contributed by atoms with Crippen molar-refractivity contribution in [1.82, 2.24) is 0 Å². The highest BCUT2D eigenvalue weighted by molar-refractivity contribution is 7.79. The highest BCUT2D eigenvalue weighted by Gasteiger charge is 2.46. The second-order valence-corrected chi connectivity index (χ2v) is 4.95. The molecule has 0 saturated heterocycles. The van der Waals surface area contributed by atoms with Gasteiger partial charge in [-0.25, -0.2) is 0 Å². The van der Waals surface area contributed by atoms with Crippen molar-refractivity contribution in [2.45, 2.75) is 17.0 Å². The van der Waals surface area contributed by atoms with Crippen LogP contribution in [0.15, 0.2) is 33.3 Å². The van der Waals surface area contributed by atoms with Crippen LogP contribution in [0.1, 0.15) is 27.1 Å². The molecule has 0 saturated carbocycles. The number of hydrogen-bond acceptors (Lipinski definition) is 6. The van der Waals surface area contributed by atoms with E-state index in [0.717, 1.165) is 0 Å². The number of ketones is 2. The van der Waals surface area contributed by atoms with Crippen LogP contribution in [0.4, 0.5) is 0 Å². The van der Waals surface area contributed by atoms with Crippen LogP contribution in [0.3, 0.4) is 0 Å². The van der Waals surface area contributed by atoms with Crippen molar-refractivity contribution in [3.63, 3.8) is 0 Å². The third-order valence-corrected chi connectivity index (χ3v) is 3.62. The average molecular weight is 305 g/mol. The summed E-state index contributed by atoms with van der Waals surface area (Å²) in [7, 11) is 0. The first-order valence-corrected chi connectivity index (χ1v) is 6.47. The molecule has 2 rings (SSSR count). The maximum atomic E-state index is 12.4. The number of hydrogen-bond donors (Lipinski definition) is 0. The Labute approximate surface area is 119 Å². The lowest BCUT2D eigenvalue weighted by Crippen LogP contribution is -2.41. The van der Waals surface area contributed by atoms with Crippen LogP contribution in [0.2, 0.25) is 0 Å². The summed E-state index contributed by atoms with van der Waals surface area (Å²) < 4.78 is 22.2. The molecule has 106 valence electrons. The van der Waals surface area contributed by atoms with Crippen LogP contribution < -0.4 is 0 Å². The molecule has 0 aromatic heterocycles. The van der Waals surface area contributed by atoms with E-state index in [1.807, 2.05) is 0 Å². The van der Waals surface area contributed by atoms with Crippen LogP contribution in [0.5, 0.6) is 0 Å². The molecule has 0 radical (unpaired) electrons. The fraction of sp³-hybridized carbons (Fsp3) is 0.200. The van der Waals surface area contributed by atoms with Crippen LogP contribution >= 0.6 is 0 Å². The molecule has 0 N–H and O–H groups in total. The van der Waals surface area contributed by atoms with Gasteiger partial charge in [0.1, 0.15) is 0 Å². The van der Waals surface area contributed by atoms with E-state index in [1.165, 1.54) is 18.2 Å². The van der Waals surface area contributed by atoms with Gasteiger partial charge in [0.15, 0.2) is 17.2 Å². The number of azide groups is 1. The molecule has 1 aliphatic carbocycles. The molecule has 11 heteroatoms. The Bertz CT molecular complexity index is 760. The van der Waals surface area contributed by atoms with Gasteiger partial charge in [0.25, 0.3) is 0 Å². The van der Waals surface area contributed by atoms with Crippen molar-refractivity contribution in [3.05, 3.63) is 50.2 Å². The lowest BCUT2D eigenvalue weighted by molar-refractivity contribution is 0.0793. The Kier molecular flexibility index (Phi) is 3.74. The van der Waals surface area contributed by atoms with Gasteiger partial charge in [-0.2, -0.15) is 0 Å². The molecular weight excluding hydrogens is 300 g/mol. The van der Waals surface area contributed by atoms with E-state index in [1.54, 1.807) is 0 Å². The maximum absolute atomic E-state index is 12.4. The molecule has 0 fully saturated rings. The van der Waals surface area contributed by atoms with Crippen molar-refractivity contribution in [1.29, 1.82) is 0 Å². The molecule has 0 bridgehead atoms. The van der Waals surface area contributed by atoms with Crippen LogP contribution in [0, 0.1) is 0 Å². The average Bonchev–Trinajstić information content (AvgIpc) is 2.44. The van der Waals surface area contributed by atoms with Gasteiger partial charge in [-0.1, -0.05) is 22.4 Å². The molecule has 1 unspecified atom stereocenters. The number of nitrogens with zero attached hydrogens (tertiary/aromatic N) is 6. The minimum atomic E-state index is -2.72. The number of carbonyl (C=O) groups excluding carboxylic acids is 2. The summed E-state index contributed by atoms with van der Waals surface area (Å²) in [5.41, 5.74) is 14.3. The number of Topliss-reactive ketones (excluding diaryl/α,β-unsaturated/α-hetero) is 2. The second-order valence-electron chi connectivity index (χ2n) is 4.04. The Balaban J connectivity index is 2.78. The molecule has 1 aromatic rings. The van der Waals surface area contributed by atoms with E-state index in [0.29, 0.717) is 0 Å². The van der Waals surface area contributed by atoms with Crippen molar-refractivity contribution in [2.24, 2.45) is 10.2 Å². The summed E-state index contributed by atoms with van der Waals surface area (Å²) in [5, 5.41) is 6.29. The Morgan fingerprint density at radius 1 is 1.24 bits per heavy atom. The second kappa shape index (κ2) is 5.35. The van der Waals surface area contributed by atoms with Gasteiger partial charge in [-0.15, -0.1) is 0 Å². The van der Waals surface area contributed by atoms with Crippen molar-refractivity contribution in [3.8, 4) is 0 Å². The quantitative estimate of drug-likeness (QED) is 0.359. The van der Waals surface area contributed by atoms with Gasteiger partial charge in [0.2, 0.25) is 0 Å². The van der Waals surface area contributed by atoms with E-state index >= 15 is 0 Å². The number of carbonyl (C=O) groups is 2. The summed E-state index contributed by atoms with van der Waals surface area (Å²) >= 11 is -2.72. The van der Waals surface area contributed by atoms with E-state index in [-0.39, 0.29) is 16.0 Å². The molecular formula is C10H5N6O4S-. The molecule has 1 aliphatic rings. The van der Waals surface area contributed by atoms with Crippen LogP contribution in [-0.4, -0.2) is 26.0 Å². The third kappa shape index (κ3) is 2.26. The summed E-state index contributed by atoms with van der Waals surface area (Å²) in [6.07, 6.45) is -0.721. The van der Waals surface area contributed by atoms with Crippen LogP contribution in [0.25, 0.3) is 20.9 Å². The van der Waals surface area contributed by atoms with Crippen molar-refractivity contribution < 1.29 is 18.4 Å². The summed E-state index contributed by atoms with van der Waals surface area (Å²) in [6.45, 7) is 0. The number of benzene rings is 1. The SMILES string of the molecule is [N-]=[N+]=NC1(N=[N+]=[N-])CC(=O)c2c(cccc2S(=O)[O-])C1=O. The maximum Gasteiger partial charge on any atom is 0.197 e. The topological polar surface area (TPSA) is 172 Å². The first-order chi connectivity index (χ1) is 9.96. The monoisotopic (exact) mass is 305 g/mol. The molecule has 0 amide bonds. The third-order valence-electron chi connectivity index (χ3n) is 2.92. The fourth-order valence-electron chi connectivity index (χ4n) is 2.08. The van der Waals surface area contributed by atoms with Gasteiger partial charge in [0, 0.05) is 32.3 Å². The number of rotatable bonds is 3. The zero-order chi connectivity index (χ0) is 15.6. The minimum Gasteiger partial charge on any atom is -0.768 e. The lowest BCUT2D eigenvalue weighted by atomic mass is 9.82. The molecule has 10 nitrogen and oxygen atoms in total. The highest BCUT2D eigenvalue weighted by Crippen LogP contribution is 2.35. The predicted molar refractivity (Wildman–Crippen MR) is 67.9 cm³/mol. The standard InChI is InChI=1S/C10H6N6O4S/c11-15-13-10(14-16-12)4-6(17)8-5(9(10)18)2-1-3-7(8)21(19)20/h1-3H,4H2,(H,19,20)/p-1. The van der Waals surface area contributed by atoms with E-state index in [2.05, 4.69) is 20.1 Å². The zero-order valence-corrected chi connectivity index (χ0v) is 11.0. The Morgan fingerprint density at radius 2 is 1.86 bits per heavy atom. The van der Waals surface area contributed by atoms with Crippen LogP contribution in [-0.2, 0) is 11.1 Å². The zero-order valence-electron chi connectivity index (χ0n) is 10.2. The van der Waals surface area contributed by atoms with Crippen molar-refractivity contribution in [2.75, 3.05) is 0 Å². The molecule has 21 heavy (non-hydrogen) atoms. The van der Waals surface area contributed by atoms with Crippen molar-refractivity contribution >= 4 is 22.6 Å². The lowest BCUT2D eigenvalue weighted by Gasteiger charge is -2.28. The predicted octanol–water partition coefficient (Wildman–Crippen LogP) is 2.01. The molecule has 1 atom stereocenters. The largest absolute Gasteiger partial charge is 0.768 e. The normalized spacial score (nSPS) is 21.8. The molecule has 0 spiro atoms. The highest BCUT2D eigenvalue weighted by atomic mass is 32.2. The first kappa shape index (κ1) is 14.7.